The van der Waals surface area contributed by atoms with E-state index < -0.39 is 0 Å². The van der Waals surface area contributed by atoms with Crippen molar-refractivity contribution in [3.8, 4) is 0 Å². The Morgan fingerprint density at radius 1 is 1.61 bits per heavy atom. The Bertz CT molecular complexity index is 399. The van der Waals surface area contributed by atoms with E-state index in [9.17, 15) is 4.79 Å². The largest absolute Gasteiger partial charge is 0.395 e. The predicted octanol–water partition coefficient (Wildman–Crippen LogP) is 0.0336. The van der Waals surface area contributed by atoms with Gasteiger partial charge < -0.3 is 19.3 Å². The van der Waals surface area contributed by atoms with Gasteiger partial charge in [-0.1, -0.05) is 0 Å². The van der Waals surface area contributed by atoms with Crippen molar-refractivity contribution in [1.82, 2.24) is 14.5 Å². The molecule has 0 aliphatic carbocycles. The maximum Gasteiger partial charge on any atom is 0.274 e. The van der Waals surface area contributed by atoms with Crippen LogP contribution in [-0.4, -0.2) is 57.9 Å². The van der Waals surface area contributed by atoms with E-state index in [2.05, 4.69) is 4.98 Å². The molecule has 1 aromatic rings. The van der Waals surface area contributed by atoms with E-state index in [1.54, 1.807) is 22.0 Å². The molecule has 0 atom stereocenters. The van der Waals surface area contributed by atoms with Crippen LogP contribution in [0, 0.1) is 0 Å². The second-order valence-corrected chi connectivity index (χ2v) is 4.49. The SMILES string of the molecule is Cn1cnc(C(=O)N(CCO)C2CCOCC2)c1. The minimum Gasteiger partial charge on any atom is -0.395 e. The molecule has 1 aliphatic rings. The predicted molar refractivity (Wildman–Crippen MR) is 65.2 cm³/mol. The summed E-state index contributed by atoms with van der Waals surface area (Å²) >= 11 is 0. The van der Waals surface area contributed by atoms with Gasteiger partial charge in [0.2, 0.25) is 0 Å². The molecule has 1 aliphatic heterocycles. The Labute approximate surface area is 106 Å². The molecule has 6 heteroatoms. The summed E-state index contributed by atoms with van der Waals surface area (Å²) in [6.07, 6.45) is 4.94. The Balaban J connectivity index is 2.10. The van der Waals surface area contributed by atoms with Gasteiger partial charge in [0.25, 0.3) is 5.91 Å². The van der Waals surface area contributed by atoms with E-state index in [1.165, 1.54) is 0 Å². The second kappa shape index (κ2) is 5.97. The lowest BCUT2D eigenvalue weighted by atomic mass is 10.1. The summed E-state index contributed by atoms with van der Waals surface area (Å²) in [5.41, 5.74) is 0.428. The van der Waals surface area contributed by atoms with Gasteiger partial charge in [-0.2, -0.15) is 0 Å². The van der Waals surface area contributed by atoms with E-state index in [-0.39, 0.29) is 18.6 Å². The number of ether oxygens (including phenoxy) is 1. The highest BCUT2D eigenvalue weighted by Crippen LogP contribution is 2.16. The van der Waals surface area contributed by atoms with Crippen LogP contribution in [0.5, 0.6) is 0 Å². The molecular formula is C12H19N3O3. The summed E-state index contributed by atoms with van der Waals surface area (Å²) < 4.78 is 7.04. The molecule has 1 fully saturated rings. The Morgan fingerprint density at radius 3 is 2.89 bits per heavy atom. The molecule has 0 bridgehead atoms. The van der Waals surface area contributed by atoms with Crippen LogP contribution in [0.2, 0.25) is 0 Å². The molecule has 0 spiro atoms. The lowest BCUT2D eigenvalue weighted by molar-refractivity contribution is 0.0243. The number of nitrogens with zero attached hydrogens (tertiary/aromatic N) is 3. The molecular weight excluding hydrogens is 234 g/mol. The summed E-state index contributed by atoms with van der Waals surface area (Å²) in [6, 6.07) is 0.139. The maximum absolute atomic E-state index is 12.3. The number of aryl methyl sites for hydroxylation is 1. The van der Waals surface area contributed by atoms with Crippen LogP contribution in [-0.2, 0) is 11.8 Å². The molecule has 6 nitrogen and oxygen atoms in total. The zero-order valence-corrected chi connectivity index (χ0v) is 10.6. The average molecular weight is 253 g/mol. The van der Waals surface area contributed by atoms with E-state index in [0.717, 1.165) is 12.8 Å². The Morgan fingerprint density at radius 2 is 2.33 bits per heavy atom. The number of hydrogen-bond donors (Lipinski definition) is 1. The highest BCUT2D eigenvalue weighted by molar-refractivity contribution is 5.92. The van der Waals surface area contributed by atoms with E-state index in [1.807, 2.05) is 7.05 Å². The third-order valence-corrected chi connectivity index (χ3v) is 3.16. The lowest BCUT2D eigenvalue weighted by Crippen LogP contribution is -2.45. The topological polar surface area (TPSA) is 67.6 Å². The second-order valence-electron chi connectivity index (χ2n) is 4.49. The van der Waals surface area contributed by atoms with Crippen LogP contribution in [0.3, 0.4) is 0 Å². The molecule has 0 saturated carbocycles. The zero-order valence-electron chi connectivity index (χ0n) is 10.6. The van der Waals surface area contributed by atoms with E-state index in [0.29, 0.717) is 25.5 Å². The van der Waals surface area contributed by atoms with Crippen LogP contribution in [0.4, 0.5) is 0 Å². The normalized spacial score (nSPS) is 16.8. The third kappa shape index (κ3) is 2.88. The maximum atomic E-state index is 12.3. The fourth-order valence-corrected chi connectivity index (χ4v) is 2.22. The van der Waals surface area contributed by atoms with Crippen molar-refractivity contribution in [3.63, 3.8) is 0 Å². The summed E-state index contributed by atoms with van der Waals surface area (Å²) in [4.78, 5) is 18.1. The van der Waals surface area contributed by atoms with E-state index >= 15 is 0 Å². The molecule has 0 unspecified atom stereocenters. The van der Waals surface area contributed by atoms with Crippen molar-refractivity contribution in [2.75, 3.05) is 26.4 Å². The van der Waals surface area contributed by atoms with Crippen LogP contribution in [0.1, 0.15) is 23.3 Å². The lowest BCUT2D eigenvalue weighted by Gasteiger charge is -2.33. The molecule has 1 amide bonds. The van der Waals surface area contributed by atoms with Gasteiger partial charge in [0.05, 0.1) is 12.9 Å². The van der Waals surface area contributed by atoms with Gasteiger partial charge >= 0.3 is 0 Å². The minimum atomic E-state index is -0.114. The van der Waals surface area contributed by atoms with Crippen molar-refractivity contribution >= 4 is 5.91 Å². The quantitative estimate of drug-likeness (QED) is 0.822. The van der Waals surface area contributed by atoms with Gasteiger partial charge in [0.1, 0.15) is 5.69 Å². The number of hydrogen-bond acceptors (Lipinski definition) is 4. The molecule has 1 aromatic heterocycles. The average Bonchev–Trinajstić information content (AvgIpc) is 2.83. The molecule has 0 aromatic carbocycles. The number of amides is 1. The molecule has 0 radical (unpaired) electrons. The first kappa shape index (κ1) is 13.0. The molecule has 2 heterocycles. The molecule has 1 saturated heterocycles. The standard InChI is InChI=1S/C12H19N3O3/c1-14-8-11(13-9-14)12(17)15(4-5-16)10-2-6-18-7-3-10/h8-10,16H,2-7H2,1H3. The van der Waals surface area contributed by atoms with Gasteiger partial charge in [0, 0.05) is 39.0 Å². The van der Waals surface area contributed by atoms with Gasteiger partial charge in [-0.05, 0) is 12.8 Å². The molecule has 100 valence electrons. The number of imidazole rings is 1. The number of rotatable bonds is 4. The molecule has 18 heavy (non-hydrogen) atoms. The number of aromatic nitrogens is 2. The summed E-state index contributed by atoms with van der Waals surface area (Å²) in [5.74, 6) is -0.114. The summed E-state index contributed by atoms with van der Waals surface area (Å²) in [6.45, 7) is 1.65. The van der Waals surface area contributed by atoms with Crippen LogP contribution in [0.25, 0.3) is 0 Å². The Kier molecular flexibility index (Phi) is 4.33. The fraction of sp³-hybridized carbons (Fsp3) is 0.667. The van der Waals surface area contributed by atoms with Gasteiger partial charge in [0.15, 0.2) is 0 Å². The van der Waals surface area contributed by atoms with Crippen molar-refractivity contribution in [3.05, 3.63) is 18.2 Å². The fourth-order valence-electron chi connectivity index (χ4n) is 2.22. The summed E-state index contributed by atoms with van der Waals surface area (Å²) in [7, 11) is 1.83. The van der Waals surface area contributed by atoms with Crippen molar-refractivity contribution in [2.45, 2.75) is 18.9 Å². The molecule has 2 rings (SSSR count). The van der Waals surface area contributed by atoms with Crippen molar-refractivity contribution in [1.29, 1.82) is 0 Å². The number of aliphatic hydroxyl groups excluding tert-OH is 1. The van der Waals surface area contributed by atoms with E-state index in [4.69, 9.17) is 9.84 Å². The highest BCUT2D eigenvalue weighted by atomic mass is 16.5. The highest BCUT2D eigenvalue weighted by Gasteiger charge is 2.27. The first-order valence-electron chi connectivity index (χ1n) is 6.20. The number of carbonyl (C=O) groups excluding carboxylic acids is 1. The van der Waals surface area contributed by atoms with Gasteiger partial charge in [-0.3, -0.25) is 4.79 Å². The van der Waals surface area contributed by atoms with Gasteiger partial charge in [-0.15, -0.1) is 0 Å². The van der Waals surface area contributed by atoms with Crippen molar-refractivity contribution in [2.24, 2.45) is 7.05 Å². The molecule has 1 N–H and O–H groups in total. The smallest absolute Gasteiger partial charge is 0.274 e. The van der Waals surface area contributed by atoms with Crippen LogP contribution < -0.4 is 0 Å². The zero-order chi connectivity index (χ0) is 13.0. The minimum absolute atomic E-state index is 0.0318. The van der Waals surface area contributed by atoms with Crippen molar-refractivity contribution < 1.29 is 14.6 Å². The first-order chi connectivity index (χ1) is 8.72. The third-order valence-electron chi connectivity index (χ3n) is 3.16. The number of carbonyl (C=O) groups is 1. The Hall–Kier alpha value is -1.40. The van der Waals surface area contributed by atoms with Crippen LogP contribution >= 0.6 is 0 Å². The van der Waals surface area contributed by atoms with Gasteiger partial charge in [-0.25, -0.2) is 4.98 Å². The monoisotopic (exact) mass is 253 g/mol. The van der Waals surface area contributed by atoms with Crippen LogP contribution in [0.15, 0.2) is 12.5 Å². The number of aliphatic hydroxyl groups is 1. The summed E-state index contributed by atoms with van der Waals surface area (Å²) in [5, 5.41) is 9.12. The first-order valence-corrected chi connectivity index (χ1v) is 6.20.